The van der Waals surface area contributed by atoms with Crippen molar-refractivity contribution in [1.29, 1.82) is 5.26 Å². The highest BCUT2D eigenvalue weighted by Crippen LogP contribution is 2.36. The van der Waals surface area contributed by atoms with Crippen LogP contribution in [0.2, 0.25) is 0 Å². The quantitative estimate of drug-likeness (QED) is 0.264. The van der Waals surface area contributed by atoms with Gasteiger partial charge in [-0.1, -0.05) is 49.4 Å². The number of anilines is 1. The van der Waals surface area contributed by atoms with Crippen molar-refractivity contribution in [2.45, 2.75) is 20.3 Å². The molecule has 0 aliphatic heterocycles. The number of hydrogen-bond acceptors (Lipinski definition) is 6. The second-order valence-electron chi connectivity index (χ2n) is 6.99. The number of rotatable bonds is 8. The lowest BCUT2D eigenvalue weighted by atomic mass is 10.0. The first-order chi connectivity index (χ1) is 16.0. The van der Waals surface area contributed by atoms with Gasteiger partial charge in [-0.3, -0.25) is 4.79 Å². The van der Waals surface area contributed by atoms with E-state index in [1.165, 1.54) is 30.1 Å². The minimum Gasteiger partial charge on any atom is -0.496 e. The molecule has 0 atom stereocenters. The van der Waals surface area contributed by atoms with Crippen molar-refractivity contribution in [2.75, 3.05) is 19.0 Å². The number of hydrogen-bond donors (Lipinski definition) is 1. The maximum atomic E-state index is 12.9. The average Bonchev–Trinajstić information content (AvgIpc) is 3.26. The zero-order valence-corrected chi connectivity index (χ0v) is 19.5. The lowest BCUT2D eigenvalue weighted by Crippen LogP contribution is -2.16. The van der Waals surface area contributed by atoms with Gasteiger partial charge < -0.3 is 14.8 Å². The first-order valence-electron chi connectivity index (χ1n) is 10.5. The van der Waals surface area contributed by atoms with Gasteiger partial charge >= 0.3 is 5.97 Å². The van der Waals surface area contributed by atoms with Gasteiger partial charge in [-0.25, -0.2) is 4.79 Å². The summed E-state index contributed by atoms with van der Waals surface area (Å²) in [6.07, 6.45) is 2.36. The van der Waals surface area contributed by atoms with Crippen LogP contribution in [0.15, 0.2) is 59.5 Å². The van der Waals surface area contributed by atoms with Crippen LogP contribution in [0.5, 0.6) is 5.75 Å². The first-order valence-corrected chi connectivity index (χ1v) is 11.3. The molecule has 1 N–H and O–H groups in total. The summed E-state index contributed by atoms with van der Waals surface area (Å²) in [5.74, 6) is -0.612. The number of aryl methyl sites for hydroxylation is 1. The molecule has 0 saturated heterocycles. The van der Waals surface area contributed by atoms with E-state index in [0.29, 0.717) is 21.9 Å². The van der Waals surface area contributed by atoms with E-state index in [1.807, 2.05) is 30.3 Å². The van der Waals surface area contributed by atoms with Gasteiger partial charge in [0.25, 0.3) is 5.91 Å². The number of para-hydroxylation sites is 1. The standard InChI is InChI=1S/C26H24N2O4S/c1-4-17-10-12-18(13-11-17)21-16-33-25(23(21)26(30)32-5-2)28-24(29)20(15-27)14-19-8-6-7-9-22(19)31-3/h6-14,16H,4-5H2,1-3H3,(H,28,29). The number of thiophene rings is 1. The Morgan fingerprint density at radius 2 is 1.85 bits per heavy atom. The highest BCUT2D eigenvalue weighted by molar-refractivity contribution is 7.15. The predicted molar refractivity (Wildman–Crippen MR) is 130 cm³/mol. The normalized spacial score (nSPS) is 10.9. The molecule has 6 nitrogen and oxygen atoms in total. The highest BCUT2D eigenvalue weighted by atomic mass is 32.1. The lowest BCUT2D eigenvalue weighted by molar-refractivity contribution is -0.112. The minimum atomic E-state index is -0.622. The molecule has 0 radical (unpaired) electrons. The van der Waals surface area contributed by atoms with E-state index in [0.717, 1.165) is 12.0 Å². The molecule has 0 fully saturated rings. The van der Waals surface area contributed by atoms with Crippen molar-refractivity contribution in [3.05, 3.63) is 76.2 Å². The Hall–Kier alpha value is -3.89. The van der Waals surface area contributed by atoms with Gasteiger partial charge in [0.2, 0.25) is 0 Å². The number of carbonyl (C=O) groups excluding carboxylic acids is 2. The van der Waals surface area contributed by atoms with E-state index in [2.05, 4.69) is 12.2 Å². The van der Waals surface area contributed by atoms with Gasteiger partial charge in [0, 0.05) is 16.5 Å². The zero-order chi connectivity index (χ0) is 23.8. The molecular formula is C26H24N2O4S. The van der Waals surface area contributed by atoms with Crippen molar-refractivity contribution >= 4 is 34.3 Å². The van der Waals surface area contributed by atoms with E-state index in [4.69, 9.17) is 9.47 Å². The Morgan fingerprint density at radius 1 is 1.12 bits per heavy atom. The second kappa shape index (κ2) is 11.1. The lowest BCUT2D eigenvalue weighted by Gasteiger charge is -2.09. The number of ether oxygens (including phenoxy) is 2. The van der Waals surface area contributed by atoms with Crippen LogP contribution in [0.4, 0.5) is 5.00 Å². The third-order valence-electron chi connectivity index (χ3n) is 4.97. The van der Waals surface area contributed by atoms with E-state index >= 15 is 0 Å². The van der Waals surface area contributed by atoms with Crippen molar-refractivity contribution in [3.8, 4) is 22.9 Å². The van der Waals surface area contributed by atoms with Crippen LogP contribution in [0.1, 0.15) is 35.3 Å². The van der Waals surface area contributed by atoms with Gasteiger partial charge in [-0.15, -0.1) is 11.3 Å². The molecule has 168 valence electrons. The summed E-state index contributed by atoms with van der Waals surface area (Å²) in [7, 11) is 1.52. The van der Waals surface area contributed by atoms with Crippen molar-refractivity contribution in [2.24, 2.45) is 0 Å². The van der Waals surface area contributed by atoms with Crippen LogP contribution in [0, 0.1) is 11.3 Å². The van der Waals surface area contributed by atoms with Crippen LogP contribution in [-0.4, -0.2) is 25.6 Å². The van der Waals surface area contributed by atoms with Crippen molar-refractivity contribution in [3.63, 3.8) is 0 Å². The number of amides is 1. The summed E-state index contributed by atoms with van der Waals surface area (Å²) in [4.78, 5) is 25.7. The highest BCUT2D eigenvalue weighted by Gasteiger charge is 2.24. The predicted octanol–water partition coefficient (Wildman–Crippen LogP) is 5.71. The van der Waals surface area contributed by atoms with Gasteiger partial charge in [-0.05, 0) is 36.6 Å². The molecule has 33 heavy (non-hydrogen) atoms. The Morgan fingerprint density at radius 3 is 2.48 bits per heavy atom. The molecule has 0 spiro atoms. The molecule has 0 aliphatic rings. The number of nitriles is 1. The maximum Gasteiger partial charge on any atom is 0.341 e. The molecule has 0 bridgehead atoms. The van der Waals surface area contributed by atoms with Gasteiger partial charge in [0.15, 0.2) is 0 Å². The van der Waals surface area contributed by atoms with Crippen LogP contribution < -0.4 is 10.1 Å². The molecule has 7 heteroatoms. The zero-order valence-electron chi connectivity index (χ0n) is 18.7. The number of nitrogens with zero attached hydrogens (tertiary/aromatic N) is 1. The first kappa shape index (κ1) is 23.8. The Labute approximate surface area is 197 Å². The molecule has 0 unspecified atom stereocenters. The fourth-order valence-corrected chi connectivity index (χ4v) is 4.20. The summed E-state index contributed by atoms with van der Waals surface area (Å²) in [6, 6.07) is 16.9. The third-order valence-corrected chi connectivity index (χ3v) is 5.87. The molecule has 0 aliphatic carbocycles. The van der Waals surface area contributed by atoms with E-state index in [1.54, 1.807) is 36.6 Å². The summed E-state index contributed by atoms with van der Waals surface area (Å²) in [6.45, 7) is 4.00. The second-order valence-corrected chi connectivity index (χ2v) is 7.87. The van der Waals surface area contributed by atoms with E-state index in [9.17, 15) is 14.9 Å². The SMILES string of the molecule is CCOC(=O)c1c(-c2ccc(CC)cc2)csc1NC(=O)C(C#N)=Cc1ccccc1OC. The van der Waals surface area contributed by atoms with Gasteiger partial charge in [0.1, 0.15) is 28.0 Å². The van der Waals surface area contributed by atoms with Crippen LogP contribution in [0.3, 0.4) is 0 Å². The minimum absolute atomic E-state index is 0.114. The Kier molecular flexibility index (Phi) is 8.01. The van der Waals surface area contributed by atoms with Crippen molar-refractivity contribution < 1.29 is 19.1 Å². The smallest absolute Gasteiger partial charge is 0.341 e. The largest absolute Gasteiger partial charge is 0.496 e. The van der Waals surface area contributed by atoms with Crippen LogP contribution in [0.25, 0.3) is 17.2 Å². The molecule has 2 aromatic carbocycles. The van der Waals surface area contributed by atoms with E-state index in [-0.39, 0.29) is 17.7 Å². The third kappa shape index (κ3) is 5.48. The molecule has 0 saturated carbocycles. The summed E-state index contributed by atoms with van der Waals surface area (Å²) >= 11 is 1.21. The average molecular weight is 461 g/mol. The Balaban J connectivity index is 1.97. The Bertz CT molecular complexity index is 1220. The summed E-state index contributed by atoms with van der Waals surface area (Å²) in [5, 5.41) is 14.4. The number of methoxy groups -OCH3 is 1. The van der Waals surface area contributed by atoms with E-state index < -0.39 is 11.9 Å². The number of carbonyl (C=O) groups is 2. The van der Waals surface area contributed by atoms with Gasteiger partial charge in [0.05, 0.1) is 13.7 Å². The molecule has 1 heterocycles. The van der Waals surface area contributed by atoms with Gasteiger partial charge in [-0.2, -0.15) is 5.26 Å². The summed E-state index contributed by atoms with van der Waals surface area (Å²) in [5.41, 5.74) is 3.45. The molecule has 3 rings (SSSR count). The fourth-order valence-electron chi connectivity index (χ4n) is 3.25. The van der Waals surface area contributed by atoms with Crippen molar-refractivity contribution in [1.82, 2.24) is 0 Å². The van der Waals surface area contributed by atoms with Crippen LogP contribution in [-0.2, 0) is 16.0 Å². The number of esters is 1. The number of benzene rings is 2. The monoisotopic (exact) mass is 460 g/mol. The summed E-state index contributed by atoms with van der Waals surface area (Å²) < 4.78 is 10.5. The topological polar surface area (TPSA) is 88.4 Å². The molecule has 1 aromatic heterocycles. The van der Waals surface area contributed by atoms with Crippen LogP contribution >= 0.6 is 11.3 Å². The molecule has 3 aromatic rings. The molecule has 1 amide bonds. The fraction of sp³-hybridized carbons (Fsp3) is 0.192. The molecular weight excluding hydrogens is 436 g/mol. The maximum absolute atomic E-state index is 12.9. The number of nitrogens with one attached hydrogen (secondary N) is 1.